The zero-order valence-corrected chi connectivity index (χ0v) is 18.6. The van der Waals surface area contributed by atoms with Crippen molar-refractivity contribution in [3.05, 3.63) is 128 Å². The second-order valence-corrected chi connectivity index (χ2v) is 8.81. The van der Waals surface area contributed by atoms with Gasteiger partial charge in [0.2, 0.25) is 0 Å². The SMILES string of the molecule is c1ccc(-c2ccccc2-c2cccc(-c3cc4c5c(cccc5c3)-c3ccccc3-4)c2)nc1. The minimum atomic E-state index is 0.992. The molecule has 0 atom stereocenters. The Labute approximate surface area is 199 Å². The second kappa shape index (κ2) is 7.54. The van der Waals surface area contributed by atoms with Crippen molar-refractivity contribution in [3.8, 4) is 55.8 Å². The third-order valence-corrected chi connectivity index (χ3v) is 6.86. The highest BCUT2D eigenvalue weighted by Gasteiger charge is 2.21. The summed E-state index contributed by atoms with van der Waals surface area (Å²) in [5.41, 5.74) is 12.3. The summed E-state index contributed by atoms with van der Waals surface area (Å²) in [6, 6.07) is 43.6. The van der Waals surface area contributed by atoms with E-state index in [4.69, 9.17) is 0 Å². The summed E-state index contributed by atoms with van der Waals surface area (Å²) >= 11 is 0. The summed E-state index contributed by atoms with van der Waals surface area (Å²) in [6.45, 7) is 0. The van der Waals surface area contributed by atoms with Gasteiger partial charge in [0.25, 0.3) is 0 Å². The molecule has 0 fully saturated rings. The molecule has 0 unspecified atom stereocenters. The molecule has 6 aromatic rings. The lowest BCUT2D eigenvalue weighted by atomic mass is 9.92. The van der Waals surface area contributed by atoms with Gasteiger partial charge in [0.15, 0.2) is 0 Å². The molecule has 0 amide bonds. The van der Waals surface area contributed by atoms with Crippen LogP contribution < -0.4 is 0 Å². The third kappa shape index (κ3) is 2.91. The van der Waals surface area contributed by atoms with Crippen molar-refractivity contribution in [2.24, 2.45) is 0 Å². The first-order valence-electron chi connectivity index (χ1n) is 11.6. The fourth-order valence-corrected chi connectivity index (χ4v) is 5.33. The summed E-state index contributed by atoms with van der Waals surface area (Å²) < 4.78 is 0. The largest absolute Gasteiger partial charge is 0.256 e. The number of nitrogens with zero attached hydrogens (tertiary/aromatic N) is 1. The van der Waals surface area contributed by atoms with Gasteiger partial charge in [0.1, 0.15) is 0 Å². The minimum absolute atomic E-state index is 0.992. The van der Waals surface area contributed by atoms with Crippen LogP contribution in [0.2, 0.25) is 0 Å². The van der Waals surface area contributed by atoms with E-state index >= 15 is 0 Å². The summed E-state index contributed by atoms with van der Waals surface area (Å²) in [5.74, 6) is 0. The van der Waals surface area contributed by atoms with Crippen LogP contribution in [-0.2, 0) is 0 Å². The van der Waals surface area contributed by atoms with Gasteiger partial charge in [-0.25, -0.2) is 0 Å². The molecule has 0 saturated carbocycles. The van der Waals surface area contributed by atoms with E-state index in [2.05, 4.69) is 114 Å². The molecule has 158 valence electrons. The predicted octanol–water partition coefficient (Wildman–Crippen LogP) is 8.88. The molecule has 0 bridgehead atoms. The Morgan fingerprint density at radius 2 is 1.06 bits per heavy atom. The van der Waals surface area contributed by atoms with Crippen molar-refractivity contribution < 1.29 is 0 Å². The molecule has 0 saturated heterocycles. The van der Waals surface area contributed by atoms with Gasteiger partial charge in [-0.3, -0.25) is 4.98 Å². The monoisotopic (exact) mass is 431 g/mol. The van der Waals surface area contributed by atoms with Crippen molar-refractivity contribution in [1.82, 2.24) is 4.98 Å². The maximum absolute atomic E-state index is 4.60. The second-order valence-electron chi connectivity index (χ2n) is 8.81. The third-order valence-electron chi connectivity index (χ3n) is 6.86. The van der Waals surface area contributed by atoms with Crippen LogP contribution in [0, 0.1) is 0 Å². The predicted molar refractivity (Wildman–Crippen MR) is 142 cm³/mol. The standard InChI is InChI=1S/C33H21N/c1-4-15-29(32-17-5-6-18-34-32)26(12-1)23-10-7-9-22(19-23)25-20-24-11-8-16-30-27-13-2-3-14-28(27)31(21-25)33(24)30/h1-21H. The van der Waals surface area contributed by atoms with Crippen LogP contribution in [0.25, 0.3) is 66.5 Å². The highest BCUT2D eigenvalue weighted by Crippen LogP contribution is 2.48. The van der Waals surface area contributed by atoms with Gasteiger partial charge in [0, 0.05) is 11.8 Å². The quantitative estimate of drug-likeness (QED) is 0.272. The fraction of sp³-hybridized carbons (Fsp3) is 0. The van der Waals surface area contributed by atoms with E-state index in [-0.39, 0.29) is 0 Å². The summed E-state index contributed by atoms with van der Waals surface area (Å²) in [6.07, 6.45) is 1.85. The van der Waals surface area contributed by atoms with Crippen LogP contribution in [0.4, 0.5) is 0 Å². The number of fused-ring (bicyclic) bond motifs is 3. The van der Waals surface area contributed by atoms with Crippen LogP contribution in [0.3, 0.4) is 0 Å². The average molecular weight is 432 g/mol. The highest BCUT2D eigenvalue weighted by molar-refractivity contribution is 6.16. The zero-order valence-electron chi connectivity index (χ0n) is 18.6. The molecule has 1 aliphatic carbocycles. The van der Waals surface area contributed by atoms with Crippen LogP contribution in [0.1, 0.15) is 0 Å². The first-order chi connectivity index (χ1) is 16.9. The van der Waals surface area contributed by atoms with Crippen LogP contribution in [0.5, 0.6) is 0 Å². The number of pyridine rings is 1. The van der Waals surface area contributed by atoms with E-state index in [1.165, 1.54) is 55.3 Å². The lowest BCUT2D eigenvalue weighted by Gasteiger charge is -2.12. The Bertz CT molecular complexity index is 1700. The van der Waals surface area contributed by atoms with Gasteiger partial charge < -0.3 is 0 Å². The van der Waals surface area contributed by atoms with E-state index < -0.39 is 0 Å². The fourth-order valence-electron chi connectivity index (χ4n) is 5.33. The molecule has 0 N–H and O–H groups in total. The zero-order chi connectivity index (χ0) is 22.5. The van der Waals surface area contributed by atoms with Crippen molar-refractivity contribution >= 4 is 10.8 Å². The van der Waals surface area contributed by atoms with Crippen molar-refractivity contribution in [2.75, 3.05) is 0 Å². The molecule has 1 aliphatic rings. The summed E-state index contributed by atoms with van der Waals surface area (Å²) in [5, 5.41) is 2.66. The van der Waals surface area contributed by atoms with E-state index in [1.807, 2.05) is 18.3 Å². The first kappa shape index (κ1) is 19.0. The Balaban J connectivity index is 1.40. The topological polar surface area (TPSA) is 12.9 Å². The van der Waals surface area contributed by atoms with E-state index in [9.17, 15) is 0 Å². The number of aromatic nitrogens is 1. The molecular formula is C33H21N. The van der Waals surface area contributed by atoms with E-state index in [0.29, 0.717) is 0 Å². The lowest BCUT2D eigenvalue weighted by molar-refractivity contribution is 1.33. The van der Waals surface area contributed by atoms with Gasteiger partial charge in [-0.2, -0.15) is 0 Å². The number of hydrogen-bond acceptors (Lipinski definition) is 1. The molecule has 1 heteroatoms. The highest BCUT2D eigenvalue weighted by atomic mass is 14.7. The lowest BCUT2D eigenvalue weighted by Crippen LogP contribution is -1.88. The summed E-state index contributed by atoms with van der Waals surface area (Å²) in [4.78, 5) is 4.60. The minimum Gasteiger partial charge on any atom is -0.256 e. The molecule has 1 heterocycles. The van der Waals surface area contributed by atoms with Gasteiger partial charge in [-0.05, 0) is 85.6 Å². The molecule has 34 heavy (non-hydrogen) atoms. The van der Waals surface area contributed by atoms with Gasteiger partial charge in [-0.15, -0.1) is 0 Å². The van der Waals surface area contributed by atoms with Crippen LogP contribution >= 0.6 is 0 Å². The van der Waals surface area contributed by atoms with Gasteiger partial charge in [0.05, 0.1) is 5.69 Å². The first-order valence-corrected chi connectivity index (χ1v) is 11.6. The van der Waals surface area contributed by atoms with Crippen molar-refractivity contribution in [3.63, 3.8) is 0 Å². The number of rotatable bonds is 3. The van der Waals surface area contributed by atoms with Gasteiger partial charge >= 0.3 is 0 Å². The molecule has 1 nitrogen and oxygen atoms in total. The Kier molecular flexibility index (Phi) is 4.22. The maximum Gasteiger partial charge on any atom is 0.0708 e. The molecule has 0 spiro atoms. The smallest absolute Gasteiger partial charge is 0.0708 e. The molecule has 1 aromatic heterocycles. The van der Waals surface area contributed by atoms with Crippen LogP contribution in [-0.4, -0.2) is 4.98 Å². The molecular weight excluding hydrogens is 410 g/mol. The Morgan fingerprint density at radius 1 is 0.382 bits per heavy atom. The van der Waals surface area contributed by atoms with Crippen LogP contribution in [0.15, 0.2) is 128 Å². The Hall–Kier alpha value is -4.49. The van der Waals surface area contributed by atoms with Crippen molar-refractivity contribution in [2.45, 2.75) is 0 Å². The number of hydrogen-bond donors (Lipinski definition) is 0. The van der Waals surface area contributed by atoms with Gasteiger partial charge in [-0.1, -0.05) is 91.0 Å². The van der Waals surface area contributed by atoms with E-state index in [1.54, 1.807) is 0 Å². The molecule has 0 radical (unpaired) electrons. The Morgan fingerprint density at radius 3 is 1.88 bits per heavy atom. The maximum atomic E-state index is 4.60. The normalized spacial score (nSPS) is 11.5. The molecule has 7 rings (SSSR count). The molecule has 5 aromatic carbocycles. The number of benzene rings is 5. The van der Waals surface area contributed by atoms with Crippen molar-refractivity contribution in [1.29, 1.82) is 0 Å². The summed E-state index contributed by atoms with van der Waals surface area (Å²) in [7, 11) is 0. The average Bonchev–Trinajstić information content (AvgIpc) is 3.24. The van der Waals surface area contributed by atoms with E-state index in [0.717, 1.165) is 11.3 Å². The molecule has 0 aliphatic heterocycles.